The zero-order chi connectivity index (χ0) is 13.8. The summed E-state index contributed by atoms with van der Waals surface area (Å²) in [5, 5.41) is 3.33. The molecule has 0 unspecified atom stereocenters. The maximum absolute atomic E-state index is 5.50. The molecule has 1 heterocycles. The van der Waals surface area contributed by atoms with Crippen LogP contribution in [0.15, 0.2) is 12.1 Å². The van der Waals surface area contributed by atoms with Gasteiger partial charge in [0.15, 0.2) is 0 Å². The monoisotopic (exact) mass is 262 g/mol. The van der Waals surface area contributed by atoms with E-state index in [1.807, 2.05) is 0 Å². The first-order valence-electron chi connectivity index (χ1n) is 7.13. The van der Waals surface area contributed by atoms with E-state index >= 15 is 0 Å². The molecule has 3 nitrogen and oxygen atoms in total. The number of benzene rings is 1. The molecule has 3 heteroatoms. The molecule has 2 rings (SSSR count). The van der Waals surface area contributed by atoms with Gasteiger partial charge in [-0.05, 0) is 56.0 Å². The normalized spacial score (nSPS) is 15.6. The van der Waals surface area contributed by atoms with E-state index < -0.39 is 0 Å². The third-order valence-electron chi connectivity index (χ3n) is 4.10. The molecule has 0 bridgehead atoms. The number of hydrogen-bond donors (Lipinski definition) is 1. The van der Waals surface area contributed by atoms with E-state index in [9.17, 15) is 0 Å². The predicted molar refractivity (Wildman–Crippen MR) is 80.0 cm³/mol. The van der Waals surface area contributed by atoms with E-state index in [2.05, 4.69) is 43.2 Å². The standard InChI is InChI=1S/C16H26N2O/c1-12-7-15(16(19-4)8-13(12)2)5-6-18(3)11-14-9-17-10-14/h7-8,14,17H,5-6,9-11H2,1-4H3. The van der Waals surface area contributed by atoms with Crippen molar-refractivity contribution in [2.24, 2.45) is 5.92 Å². The number of methoxy groups -OCH3 is 1. The molecule has 106 valence electrons. The fraction of sp³-hybridized carbons (Fsp3) is 0.625. The van der Waals surface area contributed by atoms with Crippen LogP contribution in [-0.2, 0) is 6.42 Å². The second-order valence-corrected chi connectivity index (χ2v) is 5.78. The van der Waals surface area contributed by atoms with Gasteiger partial charge in [0.1, 0.15) is 5.75 Å². The van der Waals surface area contributed by atoms with Crippen molar-refractivity contribution in [3.05, 3.63) is 28.8 Å². The number of rotatable bonds is 6. The molecule has 1 saturated heterocycles. The van der Waals surface area contributed by atoms with Crippen LogP contribution in [0.25, 0.3) is 0 Å². The van der Waals surface area contributed by atoms with Crippen LogP contribution in [-0.4, -0.2) is 45.2 Å². The lowest BCUT2D eigenvalue weighted by atomic mass is 10.0. The minimum Gasteiger partial charge on any atom is -0.496 e. The average molecular weight is 262 g/mol. The zero-order valence-electron chi connectivity index (χ0n) is 12.6. The van der Waals surface area contributed by atoms with Crippen molar-refractivity contribution in [1.82, 2.24) is 10.2 Å². The Morgan fingerprint density at radius 3 is 2.53 bits per heavy atom. The van der Waals surface area contributed by atoms with Crippen molar-refractivity contribution in [2.75, 3.05) is 40.3 Å². The molecule has 0 saturated carbocycles. The molecule has 0 aliphatic carbocycles. The fourth-order valence-corrected chi connectivity index (χ4v) is 2.56. The van der Waals surface area contributed by atoms with E-state index in [0.717, 1.165) is 24.6 Å². The van der Waals surface area contributed by atoms with E-state index in [1.54, 1.807) is 7.11 Å². The predicted octanol–water partition coefficient (Wildman–Crippen LogP) is 2.01. The molecule has 1 aliphatic heterocycles. The number of aryl methyl sites for hydroxylation is 2. The second-order valence-electron chi connectivity index (χ2n) is 5.78. The highest BCUT2D eigenvalue weighted by Crippen LogP contribution is 2.23. The third kappa shape index (κ3) is 3.71. The molecule has 1 aromatic carbocycles. The summed E-state index contributed by atoms with van der Waals surface area (Å²) in [5.41, 5.74) is 3.97. The number of nitrogens with one attached hydrogen (secondary N) is 1. The van der Waals surface area contributed by atoms with Crippen molar-refractivity contribution in [1.29, 1.82) is 0 Å². The van der Waals surface area contributed by atoms with Gasteiger partial charge < -0.3 is 15.0 Å². The summed E-state index contributed by atoms with van der Waals surface area (Å²) >= 11 is 0. The summed E-state index contributed by atoms with van der Waals surface area (Å²) in [6, 6.07) is 4.42. The summed E-state index contributed by atoms with van der Waals surface area (Å²) in [7, 11) is 3.98. The van der Waals surface area contributed by atoms with Crippen LogP contribution in [0.5, 0.6) is 5.75 Å². The van der Waals surface area contributed by atoms with Crippen molar-refractivity contribution >= 4 is 0 Å². The molecule has 0 radical (unpaired) electrons. The van der Waals surface area contributed by atoms with Gasteiger partial charge in [0.25, 0.3) is 0 Å². The maximum atomic E-state index is 5.50. The molecule has 0 atom stereocenters. The summed E-state index contributed by atoms with van der Waals surface area (Å²) in [4.78, 5) is 2.43. The van der Waals surface area contributed by atoms with Gasteiger partial charge in [0, 0.05) is 26.2 Å². The molecule has 0 amide bonds. The van der Waals surface area contributed by atoms with Crippen LogP contribution in [0.2, 0.25) is 0 Å². The lowest BCUT2D eigenvalue weighted by molar-refractivity contribution is 0.225. The first-order chi connectivity index (χ1) is 9.10. The lowest BCUT2D eigenvalue weighted by Crippen LogP contribution is -2.47. The van der Waals surface area contributed by atoms with Crippen molar-refractivity contribution in [2.45, 2.75) is 20.3 Å². The van der Waals surface area contributed by atoms with Crippen LogP contribution in [0.3, 0.4) is 0 Å². The van der Waals surface area contributed by atoms with E-state index in [0.29, 0.717) is 0 Å². The second kappa shape index (κ2) is 6.40. The highest BCUT2D eigenvalue weighted by Gasteiger charge is 2.18. The number of nitrogens with zero attached hydrogens (tertiary/aromatic N) is 1. The van der Waals surface area contributed by atoms with Gasteiger partial charge >= 0.3 is 0 Å². The van der Waals surface area contributed by atoms with Gasteiger partial charge in [-0.15, -0.1) is 0 Å². The average Bonchev–Trinajstić information content (AvgIpc) is 2.34. The van der Waals surface area contributed by atoms with Crippen molar-refractivity contribution in [3.8, 4) is 5.75 Å². The molecule has 19 heavy (non-hydrogen) atoms. The Labute approximate surface area is 116 Å². The summed E-state index contributed by atoms with van der Waals surface area (Å²) in [6.07, 6.45) is 1.06. The molecule has 1 aromatic rings. The van der Waals surface area contributed by atoms with E-state index in [1.165, 1.54) is 36.3 Å². The molecule has 1 N–H and O–H groups in total. The Kier molecular flexibility index (Phi) is 4.83. The van der Waals surface area contributed by atoms with Gasteiger partial charge in [-0.1, -0.05) is 6.07 Å². The molecular formula is C16H26N2O. The molecule has 0 spiro atoms. The van der Waals surface area contributed by atoms with Gasteiger partial charge in [-0.3, -0.25) is 0 Å². The van der Waals surface area contributed by atoms with Crippen LogP contribution in [0, 0.1) is 19.8 Å². The van der Waals surface area contributed by atoms with E-state index in [4.69, 9.17) is 4.74 Å². The first kappa shape index (κ1) is 14.4. The molecule has 1 fully saturated rings. The summed E-state index contributed by atoms with van der Waals surface area (Å²) < 4.78 is 5.50. The van der Waals surface area contributed by atoms with Crippen LogP contribution < -0.4 is 10.1 Å². The van der Waals surface area contributed by atoms with Crippen LogP contribution >= 0.6 is 0 Å². The largest absolute Gasteiger partial charge is 0.496 e. The minimum atomic E-state index is 0.839. The number of hydrogen-bond acceptors (Lipinski definition) is 3. The Balaban J connectivity index is 1.92. The number of likely N-dealkylation sites (N-methyl/N-ethyl adjacent to an activating group) is 1. The topological polar surface area (TPSA) is 24.5 Å². The quantitative estimate of drug-likeness (QED) is 0.849. The zero-order valence-corrected chi connectivity index (χ0v) is 12.6. The Morgan fingerprint density at radius 2 is 1.95 bits per heavy atom. The van der Waals surface area contributed by atoms with Gasteiger partial charge in [0.2, 0.25) is 0 Å². The lowest BCUT2D eigenvalue weighted by Gasteiger charge is -2.31. The highest BCUT2D eigenvalue weighted by atomic mass is 16.5. The Morgan fingerprint density at radius 1 is 1.26 bits per heavy atom. The minimum absolute atomic E-state index is 0.839. The highest BCUT2D eigenvalue weighted by molar-refractivity contribution is 5.41. The Hall–Kier alpha value is -1.06. The summed E-state index contributed by atoms with van der Waals surface area (Å²) in [6.45, 7) is 8.95. The summed E-state index contributed by atoms with van der Waals surface area (Å²) in [5.74, 6) is 1.87. The van der Waals surface area contributed by atoms with Crippen molar-refractivity contribution in [3.63, 3.8) is 0 Å². The fourth-order valence-electron chi connectivity index (χ4n) is 2.56. The molecular weight excluding hydrogens is 236 g/mol. The van der Waals surface area contributed by atoms with E-state index in [-0.39, 0.29) is 0 Å². The van der Waals surface area contributed by atoms with Gasteiger partial charge in [0.05, 0.1) is 7.11 Å². The first-order valence-corrected chi connectivity index (χ1v) is 7.13. The molecule has 0 aromatic heterocycles. The van der Waals surface area contributed by atoms with Gasteiger partial charge in [-0.2, -0.15) is 0 Å². The van der Waals surface area contributed by atoms with Crippen LogP contribution in [0.4, 0.5) is 0 Å². The third-order valence-corrected chi connectivity index (χ3v) is 4.10. The smallest absolute Gasteiger partial charge is 0.122 e. The number of ether oxygens (including phenoxy) is 1. The maximum Gasteiger partial charge on any atom is 0.122 e. The van der Waals surface area contributed by atoms with Crippen LogP contribution in [0.1, 0.15) is 16.7 Å². The Bertz CT molecular complexity index is 427. The van der Waals surface area contributed by atoms with Gasteiger partial charge in [-0.25, -0.2) is 0 Å². The van der Waals surface area contributed by atoms with Crippen molar-refractivity contribution < 1.29 is 4.74 Å². The SMILES string of the molecule is COc1cc(C)c(C)cc1CCN(C)CC1CNC1. The molecule has 1 aliphatic rings.